The van der Waals surface area contributed by atoms with Crippen molar-refractivity contribution in [2.45, 2.75) is 17.4 Å². The molecule has 1 heterocycles. The van der Waals surface area contributed by atoms with Gasteiger partial charge in [-0.25, -0.2) is 8.42 Å². The van der Waals surface area contributed by atoms with Gasteiger partial charge in [0.2, 0.25) is 21.8 Å². The average Bonchev–Trinajstić information content (AvgIpc) is 2.43. The standard InChI is InChI=1S/C12H13Cl2N3O4S/c13-8-2-1-7(5-9(8)14)22(20,21)17-4-3-16-12(19)10(17)6-11(15)18/h1-2,5,10H,3-4,6H2,(H2,15,18)(H,16,19)/t10-/m1/s1. The van der Waals surface area contributed by atoms with Gasteiger partial charge in [-0.2, -0.15) is 4.31 Å². The van der Waals surface area contributed by atoms with E-state index in [1.54, 1.807) is 0 Å². The first-order valence-electron chi connectivity index (χ1n) is 6.26. The number of nitrogens with zero attached hydrogens (tertiary/aromatic N) is 1. The van der Waals surface area contributed by atoms with E-state index in [1.807, 2.05) is 0 Å². The summed E-state index contributed by atoms with van der Waals surface area (Å²) in [6, 6.07) is 2.67. The molecule has 1 aromatic carbocycles. The van der Waals surface area contributed by atoms with E-state index in [2.05, 4.69) is 5.32 Å². The Labute approximate surface area is 137 Å². The van der Waals surface area contributed by atoms with Gasteiger partial charge in [0, 0.05) is 13.1 Å². The topological polar surface area (TPSA) is 110 Å². The SMILES string of the molecule is NC(=O)C[C@@H]1C(=O)NCCN1S(=O)(=O)c1ccc(Cl)c(Cl)c1. The summed E-state index contributed by atoms with van der Waals surface area (Å²) in [6.07, 6.45) is -0.396. The fraction of sp³-hybridized carbons (Fsp3) is 0.333. The molecule has 0 aliphatic carbocycles. The average molecular weight is 366 g/mol. The van der Waals surface area contributed by atoms with Crippen LogP contribution in [0.2, 0.25) is 10.0 Å². The minimum Gasteiger partial charge on any atom is -0.370 e. The van der Waals surface area contributed by atoms with Crippen LogP contribution in [-0.2, 0) is 19.6 Å². The molecule has 0 bridgehead atoms. The van der Waals surface area contributed by atoms with Gasteiger partial charge >= 0.3 is 0 Å². The molecule has 0 unspecified atom stereocenters. The smallest absolute Gasteiger partial charge is 0.243 e. The number of amides is 2. The van der Waals surface area contributed by atoms with Crippen LogP contribution < -0.4 is 11.1 Å². The lowest BCUT2D eigenvalue weighted by atomic mass is 10.1. The molecule has 2 amide bonds. The molecule has 22 heavy (non-hydrogen) atoms. The number of primary amides is 1. The molecule has 0 spiro atoms. The van der Waals surface area contributed by atoms with Gasteiger partial charge in [-0.05, 0) is 18.2 Å². The Hall–Kier alpha value is -1.35. The second kappa shape index (κ2) is 6.41. The van der Waals surface area contributed by atoms with Gasteiger partial charge in [-0.1, -0.05) is 23.2 Å². The minimum atomic E-state index is -4.01. The second-order valence-corrected chi connectivity index (χ2v) is 7.37. The van der Waals surface area contributed by atoms with E-state index in [0.29, 0.717) is 0 Å². The number of hydrogen-bond acceptors (Lipinski definition) is 4. The number of nitrogens with two attached hydrogens (primary N) is 1. The van der Waals surface area contributed by atoms with E-state index >= 15 is 0 Å². The van der Waals surface area contributed by atoms with Crippen LogP contribution in [0.25, 0.3) is 0 Å². The van der Waals surface area contributed by atoms with Crippen LogP contribution in [0, 0.1) is 0 Å². The Morgan fingerprint density at radius 1 is 1.36 bits per heavy atom. The molecule has 1 fully saturated rings. The Bertz CT molecular complexity index is 723. The normalized spacial score (nSPS) is 19.7. The number of piperazine rings is 1. The minimum absolute atomic E-state index is 0.0340. The number of carbonyl (C=O) groups is 2. The van der Waals surface area contributed by atoms with Crippen LogP contribution in [0.1, 0.15) is 6.42 Å². The van der Waals surface area contributed by atoms with Crippen molar-refractivity contribution < 1.29 is 18.0 Å². The quantitative estimate of drug-likeness (QED) is 0.802. The van der Waals surface area contributed by atoms with E-state index in [9.17, 15) is 18.0 Å². The molecule has 1 aliphatic rings. The lowest BCUT2D eigenvalue weighted by molar-refractivity contribution is -0.130. The Morgan fingerprint density at radius 3 is 2.64 bits per heavy atom. The number of rotatable bonds is 4. The van der Waals surface area contributed by atoms with Crippen LogP contribution in [0.5, 0.6) is 0 Å². The fourth-order valence-corrected chi connectivity index (χ4v) is 4.12. The molecule has 3 N–H and O–H groups in total. The summed E-state index contributed by atoms with van der Waals surface area (Å²) in [5, 5.41) is 2.80. The zero-order valence-electron chi connectivity index (χ0n) is 11.3. The third kappa shape index (κ3) is 3.35. The molecule has 0 radical (unpaired) electrons. The number of benzene rings is 1. The highest BCUT2D eigenvalue weighted by Gasteiger charge is 2.39. The summed E-state index contributed by atoms with van der Waals surface area (Å²) in [6.45, 7) is 0.181. The molecule has 1 aromatic rings. The molecule has 2 rings (SSSR count). The summed E-state index contributed by atoms with van der Waals surface area (Å²) < 4.78 is 26.3. The molecular formula is C12H13Cl2N3O4S. The predicted molar refractivity (Wildman–Crippen MR) is 81.0 cm³/mol. The van der Waals surface area contributed by atoms with Crippen LogP contribution in [0.4, 0.5) is 0 Å². The fourth-order valence-electron chi connectivity index (χ4n) is 2.14. The maximum atomic E-state index is 12.7. The zero-order valence-corrected chi connectivity index (χ0v) is 13.6. The van der Waals surface area contributed by atoms with Gasteiger partial charge in [-0.15, -0.1) is 0 Å². The van der Waals surface area contributed by atoms with Crippen LogP contribution >= 0.6 is 23.2 Å². The predicted octanol–water partition coefficient (Wildman–Crippen LogP) is 0.358. The van der Waals surface area contributed by atoms with Crippen molar-refractivity contribution in [1.29, 1.82) is 0 Å². The number of nitrogens with one attached hydrogen (secondary N) is 1. The summed E-state index contributed by atoms with van der Waals surface area (Å²) in [4.78, 5) is 22.9. The van der Waals surface area contributed by atoms with Crippen molar-refractivity contribution in [3.63, 3.8) is 0 Å². The molecule has 1 aliphatic heterocycles. The van der Waals surface area contributed by atoms with Crippen LogP contribution in [-0.4, -0.2) is 43.7 Å². The third-order valence-electron chi connectivity index (χ3n) is 3.17. The van der Waals surface area contributed by atoms with E-state index < -0.39 is 34.3 Å². The van der Waals surface area contributed by atoms with E-state index in [1.165, 1.54) is 18.2 Å². The van der Waals surface area contributed by atoms with Gasteiger partial charge in [0.25, 0.3) is 0 Å². The lowest BCUT2D eigenvalue weighted by Gasteiger charge is -2.33. The number of sulfonamides is 1. The summed E-state index contributed by atoms with van der Waals surface area (Å²) in [7, 11) is -4.01. The summed E-state index contributed by atoms with van der Waals surface area (Å²) in [5.41, 5.74) is 5.09. The highest BCUT2D eigenvalue weighted by atomic mass is 35.5. The van der Waals surface area contributed by atoms with Gasteiger partial charge in [0.15, 0.2) is 0 Å². The first-order chi connectivity index (χ1) is 10.2. The van der Waals surface area contributed by atoms with Gasteiger partial charge < -0.3 is 11.1 Å². The largest absolute Gasteiger partial charge is 0.370 e. The first kappa shape index (κ1) is 17.0. The monoisotopic (exact) mass is 365 g/mol. The van der Waals surface area contributed by atoms with Crippen molar-refractivity contribution >= 4 is 45.0 Å². The molecule has 7 nitrogen and oxygen atoms in total. The van der Waals surface area contributed by atoms with Crippen LogP contribution in [0.15, 0.2) is 23.1 Å². The Kier molecular flexibility index (Phi) is 4.96. The first-order valence-corrected chi connectivity index (χ1v) is 8.46. The molecule has 10 heteroatoms. The maximum Gasteiger partial charge on any atom is 0.243 e. The highest BCUT2D eigenvalue weighted by Crippen LogP contribution is 2.28. The van der Waals surface area contributed by atoms with E-state index in [4.69, 9.17) is 28.9 Å². The maximum absolute atomic E-state index is 12.7. The number of carbonyl (C=O) groups excluding carboxylic acids is 2. The number of hydrogen-bond donors (Lipinski definition) is 2. The highest BCUT2D eigenvalue weighted by molar-refractivity contribution is 7.89. The molecule has 1 atom stereocenters. The molecule has 0 saturated carbocycles. The van der Waals surface area contributed by atoms with Gasteiger partial charge in [-0.3, -0.25) is 9.59 Å². The molecule has 0 aromatic heterocycles. The van der Waals surface area contributed by atoms with E-state index in [0.717, 1.165) is 4.31 Å². The summed E-state index contributed by atoms with van der Waals surface area (Å²) in [5.74, 6) is -1.33. The van der Waals surface area contributed by atoms with Crippen molar-refractivity contribution in [3.05, 3.63) is 28.2 Å². The van der Waals surface area contributed by atoms with Gasteiger partial charge in [0.05, 0.1) is 21.4 Å². The molecular weight excluding hydrogens is 353 g/mol. The number of halogens is 2. The molecule has 120 valence electrons. The lowest BCUT2D eigenvalue weighted by Crippen LogP contribution is -2.58. The Morgan fingerprint density at radius 2 is 2.05 bits per heavy atom. The van der Waals surface area contributed by atoms with Crippen molar-refractivity contribution in [3.8, 4) is 0 Å². The van der Waals surface area contributed by atoms with Crippen molar-refractivity contribution in [2.24, 2.45) is 5.73 Å². The second-order valence-electron chi connectivity index (χ2n) is 4.67. The molecule has 1 saturated heterocycles. The zero-order chi connectivity index (χ0) is 16.5. The third-order valence-corrected chi connectivity index (χ3v) is 5.82. The van der Waals surface area contributed by atoms with E-state index in [-0.39, 0.29) is 28.0 Å². The van der Waals surface area contributed by atoms with Crippen molar-refractivity contribution in [1.82, 2.24) is 9.62 Å². The van der Waals surface area contributed by atoms with Crippen LogP contribution in [0.3, 0.4) is 0 Å². The Balaban J connectivity index is 2.42. The van der Waals surface area contributed by atoms with Crippen molar-refractivity contribution in [2.75, 3.05) is 13.1 Å². The summed E-state index contributed by atoms with van der Waals surface area (Å²) >= 11 is 11.6. The van der Waals surface area contributed by atoms with Gasteiger partial charge in [0.1, 0.15) is 6.04 Å².